The maximum Gasteiger partial charge on any atom is 0.307 e. The fourth-order valence-corrected chi connectivity index (χ4v) is 19.2. The van der Waals surface area contributed by atoms with E-state index in [1.54, 1.807) is 80.9 Å². The van der Waals surface area contributed by atoms with Crippen LogP contribution in [0.3, 0.4) is 0 Å². The lowest BCUT2D eigenvalue weighted by Gasteiger charge is -2.41. The second kappa shape index (κ2) is 54.6. The largest absolute Gasteiger partial charge is 0.481 e. The van der Waals surface area contributed by atoms with Crippen molar-refractivity contribution in [2.45, 2.75) is 360 Å². The predicted octanol–water partition coefficient (Wildman–Crippen LogP) is 17.5. The Labute approximate surface area is 755 Å². The van der Waals surface area contributed by atoms with Crippen LogP contribution in [0.4, 0.5) is 0 Å². The van der Waals surface area contributed by atoms with Crippen molar-refractivity contribution in [1.29, 1.82) is 0 Å². The number of aliphatic hydroxyl groups excluding tert-OH is 1. The van der Waals surface area contributed by atoms with Gasteiger partial charge >= 0.3 is 5.97 Å². The number of methoxy groups -OCH3 is 4. The van der Waals surface area contributed by atoms with Gasteiger partial charge in [0.15, 0.2) is 11.6 Å². The summed E-state index contributed by atoms with van der Waals surface area (Å²) in [7, 11) is 13.1. The van der Waals surface area contributed by atoms with E-state index in [-0.39, 0.29) is 162 Å². The lowest BCUT2D eigenvalue weighted by molar-refractivity contribution is -0.150. The molecule has 0 spiro atoms. The molecular weight excluding hydrogens is 1580 g/mol. The number of ketones is 4. The molecule has 2 N–H and O–H groups in total. The summed E-state index contributed by atoms with van der Waals surface area (Å²) in [6.45, 7) is 43.5. The molecule has 2 aromatic rings. The number of carboxylic acids is 1. The van der Waals surface area contributed by atoms with Crippen molar-refractivity contribution >= 4 is 64.5 Å². The lowest BCUT2D eigenvalue weighted by atomic mass is 9.83. The first-order valence-electron chi connectivity index (χ1n) is 47.4. The third-order valence-corrected chi connectivity index (χ3v) is 27.3. The van der Waals surface area contributed by atoms with Gasteiger partial charge in [-0.15, -0.1) is 0 Å². The molecule has 2 saturated heterocycles. The molecule has 23 nitrogen and oxygen atoms in total. The standard InChI is InChI=1S/C51H85N3O9.C51H87N3O8/c1-15-35(6)47(53(12)49(59)39(33(2)3)31-42(56)46(34(4)5)52(11)44(57)26-20-17-21-27-51(8,9)10)43(62-13)32-45(58)54-28-22-25-40(54)48(63-14)36(7)41(55)30-38(50(60)61)29-37-23-18-16-19-24-37;1-16-35(6)47(53(13)50(60)39(33(2)3)31-42(56)46(34(4)5)52(12)44(57)27-21-18-22-28-51(9,10)11)43(61-14)32-45(58)54-29-23-26-40(54)49(62-15)37(8)41(55)30-36(7)48(59)38-24-19-17-20-25-38/h16,18-19,23-24,33-36,38-40,43,46-48H,15,17,20-22,25-32H2,1-14H3,(H,60,61);17,19-20,24-25,33-37,39-40,43,46-49,59H,16,18,21-23,26-32H2,1-15H3/t35-,36-,38+,39-,40-,43+,46-,47-,48+;35-,36-,37-,39-,40-,43+,46-,47-,48+,49+/m00/s1. The number of likely N-dealkylation sites (N-methyl/N-ethyl adjacent to an activating group) is 4. The summed E-state index contributed by atoms with van der Waals surface area (Å²) in [6, 6.07) is 15.6. The second-order valence-corrected chi connectivity index (χ2v) is 40.7. The Morgan fingerprint density at radius 3 is 1.12 bits per heavy atom. The van der Waals surface area contributed by atoms with E-state index in [1.165, 1.54) is 7.11 Å². The molecule has 0 bridgehead atoms. The first-order chi connectivity index (χ1) is 58.5. The number of ether oxygens (including phenoxy) is 4. The summed E-state index contributed by atoms with van der Waals surface area (Å²) in [5, 5.41) is 20.9. The molecule has 4 rings (SSSR count). The van der Waals surface area contributed by atoms with E-state index in [4.69, 9.17) is 18.9 Å². The van der Waals surface area contributed by atoms with Crippen LogP contribution >= 0.6 is 0 Å². The van der Waals surface area contributed by atoms with E-state index in [2.05, 4.69) is 55.4 Å². The number of carbonyl (C=O) groups is 11. The fourth-order valence-electron chi connectivity index (χ4n) is 19.2. The Morgan fingerprint density at radius 1 is 0.440 bits per heavy atom. The van der Waals surface area contributed by atoms with Gasteiger partial charge in [-0.2, -0.15) is 0 Å². The van der Waals surface area contributed by atoms with E-state index in [1.807, 2.05) is 149 Å². The highest BCUT2D eigenvalue weighted by Crippen LogP contribution is 2.37. The Kier molecular flexibility index (Phi) is 49.1. The maximum absolute atomic E-state index is 14.6. The smallest absolute Gasteiger partial charge is 0.307 e. The molecule has 0 aliphatic carbocycles. The number of hydrogen-bond acceptors (Lipinski definition) is 16. The van der Waals surface area contributed by atoms with Crippen LogP contribution in [0, 0.1) is 81.8 Å². The van der Waals surface area contributed by atoms with Gasteiger partial charge < -0.3 is 58.6 Å². The van der Waals surface area contributed by atoms with Crippen molar-refractivity contribution in [3.8, 4) is 0 Å². The number of Topliss-reactive ketones (excluding diaryl/α,β-unsaturated/α-hetero) is 4. The van der Waals surface area contributed by atoms with Crippen LogP contribution < -0.4 is 0 Å². The minimum atomic E-state index is -1.03. The summed E-state index contributed by atoms with van der Waals surface area (Å²) in [5.74, 6) is -6.66. The Morgan fingerprint density at radius 2 is 0.800 bits per heavy atom. The van der Waals surface area contributed by atoms with E-state index < -0.39 is 96.3 Å². The Hall–Kier alpha value is -6.79. The molecule has 23 heteroatoms. The number of carboxylic acid groups (broad SMARTS) is 1. The molecule has 19 atom stereocenters. The number of likely N-dealkylation sites (tertiary alicyclic amines) is 2. The Bertz CT molecular complexity index is 3610. The predicted molar refractivity (Wildman–Crippen MR) is 497 cm³/mol. The zero-order valence-electron chi connectivity index (χ0n) is 82.9. The number of unbranched alkanes of at least 4 members (excludes halogenated alkanes) is 4. The Balaban J connectivity index is 0.000000645. The first kappa shape index (κ1) is 112. The van der Waals surface area contributed by atoms with Crippen molar-refractivity contribution in [2.75, 3.05) is 69.7 Å². The molecule has 0 radical (unpaired) electrons. The molecular formula is C102H172N6O17. The van der Waals surface area contributed by atoms with Gasteiger partial charge in [0.25, 0.3) is 0 Å². The average Bonchev–Trinajstić information content (AvgIpc) is 1.79. The maximum atomic E-state index is 14.6. The summed E-state index contributed by atoms with van der Waals surface area (Å²) < 4.78 is 24.1. The van der Waals surface area contributed by atoms with Gasteiger partial charge in [0.2, 0.25) is 35.4 Å². The SMILES string of the molecule is CC[C@H](C)[C@@H]([C@@H](CC(=O)N1CCC[C@H]1[C@H](OC)[C@@H](C)C(=O)C[C@@H](Cc1ccccc1)C(=O)O)OC)N(C)C(=O)[C@@H](CC(=O)[C@H](C(C)C)N(C)C(=O)CCCCCC(C)(C)C)C(C)C.CC[C@H](C)[C@@H]([C@@H](CC(=O)N1CCC[C@H]1[C@H](OC)[C@@H](C)C(=O)C[C@H](C)[C@@H](O)c1ccccc1)OC)N(C)C(=O)[C@@H](CC(=O)[C@H](C(C)C)N(C)C(=O)CCCCCC(C)(C)C)C(C)C. The third kappa shape index (κ3) is 34.9. The van der Waals surface area contributed by atoms with Gasteiger partial charge in [0.1, 0.15) is 11.6 Å². The molecule has 2 aromatic carbocycles. The number of aliphatic hydroxyl groups is 1. The molecule has 125 heavy (non-hydrogen) atoms. The van der Waals surface area contributed by atoms with E-state index in [9.17, 15) is 63.0 Å². The average molecular weight is 1750 g/mol. The molecule has 0 saturated carbocycles. The van der Waals surface area contributed by atoms with Crippen LogP contribution in [-0.4, -0.2) is 235 Å². The van der Waals surface area contributed by atoms with Crippen LogP contribution in [0.15, 0.2) is 60.7 Å². The highest BCUT2D eigenvalue weighted by Gasteiger charge is 2.47. The van der Waals surface area contributed by atoms with Crippen molar-refractivity contribution in [3.63, 3.8) is 0 Å². The minimum Gasteiger partial charge on any atom is -0.481 e. The summed E-state index contributed by atoms with van der Waals surface area (Å²) >= 11 is 0. The third-order valence-electron chi connectivity index (χ3n) is 27.3. The molecule has 2 fully saturated rings. The van der Waals surface area contributed by atoms with Crippen molar-refractivity contribution < 1.29 is 81.9 Å². The van der Waals surface area contributed by atoms with Crippen LogP contribution in [0.25, 0.3) is 0 Å². The number of carbonyl (C=O) groups excluding carboxylic acids is 10. The zero-order valence-corrected chi connectivity index (χ0v) is 82.9. The molecule has 2 heterocycles. The van der Waals surface area contributed by atoms with E-state index in [0.717, 1.165) is 75.3 Å². The van der Waals surface area contributed by atoms with Gasteiger partial charge in [0, 0.05) is 132 Å². The van der Waals surface area contributed by atoms with Crippen molar-refractivity contribution in [2.24, 2.45) is 81.8 Å². The minimum absolute atomic E-state index is 0.00541. The number of amides is 6. The lowest BCUT2D eigenvalue weighted by Crippen LogP contribution is -2.54. The summed E-state index contributed by atoms with van der Waals surface area (Å²) in [6.07, 6.45) is 9.80. The van der Waals surface area contributed by atoms with Crippen LogP contribution in [-0.2, 0) is 78.1 Å². The van der Waals surface area contributed by atoms with Crippen LogP contribution in [0.1, 0.15) is 304 Å². The molecule has 6 amide bonds. The number of rotatable bonds is 55. The highest BCUT2D eigenvalue weighted by atomic mass is 16.5. The van der Waals surface area contributed by atoms with Crippen molar-refractivity contribution in [1.82, 2.24) is 29.4 Å². The second-order valence-electron chi connectivity index (χ2n) is 40.7. The molecule has 2 aliphatic rings. The van der Waals surface area contributed by atoms with Gasteiger partial charge in [-0.3, -0.25) is 52.7 Å². The summed E-state index contributed by atoms with van der Waals surface area (Å²) in [5.41, 5.74) is 2.12. The van der Waals surface area contributed by atoms with Crippen LogP contribution in [0.5, 0.6) is 0 Å². The molecule has 0 unspecified atom stereocenters. The van der Waals surface area contributed by atoms with Gasteiger partial charge in [-0.05, 0) is 121 Å². The fraction of sp³-hybridized carbons (Fsp3) is 0.775. The number of benzene rings is 2. The first-order valence-corrected chi connectivity index (χ1v) is 47.4. The molecule has 2 aliphatic heterocycles. The summed E-state index contributed by atoms with van der Waals surface area (Å²) in [4.78, 5) is 163. The number of hydrogen-bond donors (Lipinski definition) is 2. The monoisotopic (exact) mass is 1750 g/mol. The van der Waals surface area contributed by atoms with Gasteiger partial charge in [-0.25, -0.2) is 0 Å². The molecule has 712 valence electrons. The van der Waals surface area contributed by atoms with Gasteiger partial charge in [0.05, 0.1) is 85.5 Å². The van der Waals surface area contributed by atoms with E-state index in [0.29, 0.717) is 51.6 Å². The van der Waals surface area contributed by atoms with E-state index >= 15 is 0 Å². The topological polar surface area (TPSA) is 285 Å². The number of nitrogens with zero attached hydrogens (tertiary/aromatic N) is 6. The molecule has 0 aromatic heterocycles. The van der Waals surface area contributed by atoms with Crippen LogP contribution in [0.2, 0.25) is 0 Å². The quantitative estimate of drug-likeness (QED) is 0.0582. The number of aliphatic carboxylic acids is 1. The van der Waals surface area contributed by atoms with Gasteiger partial charge in [-0.1, -0.05) is 245 Å². The highest BCUT2D eigenvalue weighted by molar-refractivity contribution is 5.94. The zero-order chi connectivity index (χ0) is 94.8. The normalized spacial score (nSPS) is 18.6. The van der Waals surface area contributed by atoms with Crippen molar-refractivity contribution in [3.05, 3.63) is 71.8 Å².